The summed E-state index contributed by atoms with van der Waals surface area (Å²) in [5.41, 5.74) is 0.625. The number of rotatable bonds is 5. The molecule has 164 valence electrons. The molecule has 2 heterocycles. The Morgan fingerprint density at radius 2 is 1.81 bits per heavy atom. The summed E-state index contributed by atoms with van der Waals surface area (Å²) in [6.07, 6.45) is -3.41. The van der Waals surface area contributed by atoms with Crippen molar-refractivity contribution in [3.8, 4) is 11.1 Å². The summed E-state index contributed by atoms with van der Waals surface area (Å²) >= 11 is 6.03. The van der Waals surface area contributed by atoms with Crippen LogP contribution in [0.25, 0.3) is 11.1 Å². The second-order valence-electron chi connectivity index (χ2n) is 6.23. The predicted octanol–water partition coefficient (Wildman–Crippen LogP) is 4.34. The zero-order valence-electron chi connectivity index (χ0n) is 16.0. The number of carbonyl (C=O) groups excluding carboxylic acids is 1. The molecule has 0 fully saturated rings. The number of carbonyl (C=O) groups is 1. The lowest BCUT2D eigenvalue weighted by atomic mass is 10.1. The largest absolute Gasteiger partial charge is 0.445 e. The molecule has 0 bridgehead atoms. The van der Waals surface area contributed by atoms with Gasteiger partial charge < -0.3 is 0 Å². The third kappa shape index (κ3) is 4.86. The van der Waals surface area contributed by atoms with Crippen molar-refractivity contribution in [2.45, 2.75) is 18.0 Å². The summed E-state index contributed by atoms with van der Waals surface area (Å²) in [6.45, 7) is 1.41. The van der Waals surface area contributed by atoms with Crippen LogP contribution in [0.5, 0.6) is 0 Å². The Morgan fingerprint density at radius 3 is 2.35 bits per heavy atom. The Bertz CT molecular complexity index is 1230. The maximum Gasteiger partial charge on any atom is 0.445 e. The number of benzene rings is 1. The summed E-state index contributed by atoms with van der Waals surface area (Å²) in [4.78, 5) is 17.4. The summed E-state index contributed by atoms with van der Waals surface area (Å²) in [6, 6.07) is 7.86. The van der Waals surface area contributed by atoms with Gasteiger partial charge in [-0.15, -0.1) is 10.2 Å². The topological polar surface area (TPSA) is 93.1 Å². The van der Waals surface area contributed by atoms with E-state index in [2.05, 4.69) is 15.2 Å². The van der Waals surface area contributed by atoms with Crippen molar-refractivity contribution in [1.82, 2.24) is 15.2 Å². The van der Waals surface area contributed by atoms with E-state index in [1.807, 2.05) is 0 Å². The quantitative estimate of drug-likeness (QED) is 0.528. The maximum absolute atomic E-state index is 12.9. The minimum absolute atomic E-state index is 0.160. The van der Waals surface area contributed by atoms with Gasteiger partial charge in [0.15, 0.2) is 9.84 Å². The predicted molar refractivity (Wildman–Crippen MR) is 110 cm³/mol. The number of pyridine rings is 1. The molecular formula is C18H14ClF3N4O3S2. The highest BCUT2D eigenvalue weighted by Gasteiger charge is 2.37. The molecule has 0 radical (unpaired) electrons. The Labute approximate surface area is 184 Å². The molecule has 1 aromatic carbocycles. The van der Waals surface area contributed by atoms with E-state index in [1.165, 1.54) is 26.2 Å². The lowest BCUT2D eigenvalue weighted by molar-refractivity contribution is -0.138. The zero-order chi connectivity index (χ0) is 23.0. The van der Waals surface area contributed by atoms with Gasteiger partial charge in [-0.05, 0) is 23.8 Å². The molecule has 3 rings (SSSR count). The number of sulfone groups is 1. The van der Waals surface area contributed by atoms with E-state index in [9.17, 15) is 26.4 Å². The standard InChI is InChI=1S/C18H14ClF3N4O3S2/c1-3-31(28,29)13-8-11(10-4-6-12(19)7-5-10)9-23-14(13)15(27)26(2)17-25-24-16(30-17)18(20,21)22/h4-9H,3H2,1-2H3. The first-order valence-corrected chi connectivity index (χ1v) is 11.5. The van der Waals surface area contributed by atoms with Crippen LogP contribution in [0.1, 0.15) is 22.4 Å². The van der Waals surface area contributed by atoms with Crippen molar-refractivity contribution in [1.29, 1.82) is 0 Å². The first-order valence-electron chi connectivity index (χ1n) is 8.61. The Balaban J connectivity index is 2.06. The Hall–Kier alpha value is -2.57. The van der Waals surface area contributed by atoms with Crippen LogP contribution in [0, 0.1) is 0 Å². The Kier molecular flexibility index (Phi) is 6.35. The van der Waals surface area contributed by atoms with Crippen LogP contribution < -0.4 is 4.90 Å². The van der Waals surface area contributed by atoms with Gasteiger partial charge in [0, 0.05) is 23.8 Å². The number of hydrogen-bond acceptors (Lipinski definition) is 7. The number of halogens is 4. The van der Waals surface area contributed by atoms with Crippen LogP contribution in [-0.4, -0.2) is 42.3 Å². The number of anilines is 1. The fourth-order valence-electron chi connectivity index (χ4n) is 2.51. The van der Waals surface area contributed by atoms with Gasteiger partial charge in [0.25, 0.3) is 5.91 Å². The van der Waals surface area contributed by atoms with Crippen LogP contribution in [0.15, 0.2) is 41.4 Å². The molecule has 0 aliphatic carbocycles. The molecule has 31 heavy (non-hydrogen) atoms. The molecule has 7 nitrogen and oxygen atoms in total. The van der Waals surface area contributed by atoms with E-state index in [4.69, 9.17) is 11.6 Å². The van der Waals surface area contributed by atoms with Crippen molar-refractivity contribution in [3.63, 3.8) is 0 Å². The molecule has 0 atom stereocenters. The fourth-order valence-corrected chi connectivity index (χ4v) is 4.36. The lowest BCUT2D eigenvalue weighted by Gasteiger charge is -2.16. The molecule has 0 spiro atoms. The molecule has 3 aromatic rings. The van der Waals surface area contributed by atoms with Gasteiger partial charge in [0.2, 0.25) is 10.1 Å². The second-order valence-corrected chi connectivity index (χ2v) is 9.87. The molecule has 13 heteroatoms. The van der Waals surface area contributed by atoms with Crippen molar-refractivity contribution in [2.75, 3.05) is 17.7 Å². The molecule has 0 aliphatic rings. The van der Waals surface area contributed by atoms with Gasteiger partial charge >= 0.3 is 6.18 Å². The van der Waals surface area contributed by atoms with Gasteiger partial charge in [-0.1, -0.05) is 42.0 Å². The molecular weight excluding hydrogens is 477 g/mol. The van der Waals surface area contributed by atoms with Crippen LogP contribution in [0.3, 0.4) is 0 Å². The summed E-state index contributed by atoms with van der Waals surface area (Å²) in [5, 5.41) is 5.33. The summed E-state index contributed by atoms with van der Waals surface area (Å²) in [5.74, 6) is -1.24. The molecule has 0 N–H and O–H groups in total. The molecule has 0 saturated heterocycles. The van der Waals surface area contributed by atoms with E-state index < -0.39 is 32.6 Å². The van der Waals surface area contributed by atoms with Gasteiger partial charge in [-0.3, -0.25) is 9.69 Å². The number of hydrogen-bond donors (Lipinski definition) is 0. The van der Waals surface area contributed by atoms with Gasteiger partial charge in [0.05, 0.1) is 10.6 Å². The van der Waals surface area contributed by atoms with Crippen molar-refractivity contribution in [3.05, 3.63) is 52.3 Å². The monoisotopic (exact) mass is 490 g/mol. The molecule has 0 saturated carbocycles. The second kappa shape index (κ2) is 8.52. The smallest absolute Gasteiger partial charge is 0.284 e. The van der Waals surface area contributed by atoms with E-state index in [-0.39, 0.29) is 27.1 Å². The highest BCUT2D eigenvalue weighted by Crippen LogP contribution is 2.34. The first-order chi connectivity index (χ1) is 14.4. The third-order valence-corrected chi connectivity index (χ3v) is 7.23. The number of nitrogens with zero attached hydrogens (tertiary/aromatic N) is 4. The van der Waals surface area contributed by atoms with E-state index in [0.717, 1.165) is 4.90 Å². The van der Waals surface area contributed by atoms with E-state index in [0.29, 0.717) is 16.1 Å². The highest BCUT2D eigenvalue weighted by atomic mass is 35.5. The maximum atomic E-state index is 12.9. The highest BCUT2D eigenvalue weighted by molar-refractivity contribution is 7.91. The fraction of sp³-hybridized carbons (Fsp3) is 0.222. The summed E-state index contributed by atoms with van der Waals surface area (Å²) < 4.78 is 63.7. The van der Waals surface area contributed by atoms with Gasteiger partial charge in [-0.2, -0.15) is 13.2 Å². The van der Waals surface area contributed by atoms with Crippen LogP contribution in [0.4, 0.5) is 18.3 Å². The van der Waals surface area contributed by atoms with Gasteiger partial charge in [-0.25, -0.2) is 13.4 Å². The number of alkyl halides is 3. The summed E-state index contributed by atoms with van der Waals surface area (Å²) in [7, 11) is -2.73. The average Bonchev–Trinajstić information content (AvgIpc) is 3.24. The van der Waals surface area contributed by atoms with Crippen molar-refractivity contribution < 1.29 is 26.4 Å². The van der Waals surface area contributed by atoms with Crippen molar-refractivity contribution in [2.24, 2.45) is 0 Å². The lowest BCUT2D eigenvalue weighted by Crippen LogP contribution is -2.29. The minimum atomic E-state index is -4.71. The minimum Gasteiger partial charge on any atom is -0.284 e. The van der Waals surface area contributed by atoms with Gasteiger partial charge in [0.1, 0.15) is 5.69 Å². The SMILES string of the molecule is CCS(=O)(=O)c1cc(-c2ccc(Cl)cc2)cnc1C(=O)N(C)c1nnc(C(F)(F)F)s1. The first kappa shape index (κ1) is 23.1. The third-order valence-electron chi connectivity index (χ3n) is 4.20. The van der Waals surface area contributed by atoms with E-state index in [1.54, 1.807) is 24.3 Å². The normalized spacial score (nSPS) is 12.1. The molecule has 1 amide bonds. The zero-order valence-corrected chi connectivity index (χ0v) is 18.4. The van der Waals surface area contributed by atoms with Crippen LogP contribution in [-0.2, 0) is 16.0 Å². The van der Waals surface area contributed by atoms with Crippen molar-refractivity contribution >= 4 is 43.8 Å². The molecule has 2 aromatic heterocycles. The van der Waals surface area contributed by atoms with Crippen LogP contribution >= 0.6 is 22.9 Å². The Morgan fingerprint density at radius 1 is 1.16 bits per heavy atom. The average molecular weight is 491 g/mol. The van der Waals surface area contributed by atoms with E-state index >= 15 is 0 Å². The number of aromatic nitrogens is 3. The molecule has 0 aliphatic heterocycles. The van der Waals surface area contributed by atoms with Crippen LogP contribution in [0.2, 0.25) is 5.02 Å². The molecule has 0 unspecified atom stereocenters. The number of amides is 1.